The second-order valence-electron chi connectivity index (χ2n) is 4.40. The molecule has 7 heteroatoms. The Hall–Kier alpha value is -1.56. The van der Waals surface area contributed by atoms with Gasteiger partial charge in [0.15, 0.2) is 0 Å². The van der Waals surface area contributed by atoms with Gasteiger partial charge in [-0.15, -0.1) is 11.3 Å². The summed E-state index contributed by atoms with van der Waals surface area (Å²) in [6.45, 7) is 0.238. The number of thiophene rings is 1. The molecule has 0 bridgehead atoms. The summed E-state index contributed by atoms with van der Waals surface area (Å²) in [5.41, 5.74) is 0.858. The Balaban J connectivity index is 2.04. The van der Waals surface area contributed by atoms with E-state index in [0.717, 1.165) is 10.4 Å². The molecule has 0 saturated carbocycles. The molecule has 0 aliphatic heterocycles. The minimum atomic E-state index is -0.360. The first-order valence-electron chi connectivity index (χ1n) is 6.41. The second-order valence-corrected chi connectivity index (χ2v) is 6.36. The number of hydrogen-bond acceptors (Lipinski definition) is 4. The molecule has 116 valence electrons. The van der Waals surface area contributed by atoms with Crippen LogP contribution in [0.4, 0.5) is 0 Å². The number of nitrogens with one attached hydrogen (secondary N) is 1. The standard InChI is InChI=1S/C15H13Cl2NO3S/c1-21-14(19)4-5-18-15(20)13-3-2-12(22-13)9-6-10(16)8-11(17)7-9/h2-3,6-8H,4-5H2,1H3,(H,18,20). The van der Waals surface area contributed by atoms with Crippen LogP contribution in [0.2, 0.25) is 10.0 Å². The van der Waals surface area contributed by atoms with Gasteiger partial charge in [-0.05, 0) is 35.9 Å². The summed E-state index contributed by atoms with van der Waals surface area (Å²) < 4.78 is 4.51. The molecular weight excluding hydrogens is 345 g/mol. The maximum atomic E-state index is 12.0. The highest BCUT2D eigenvalue weighted by Crippen LogP contribution is 2.32. The average Bonchev–Trinajstić information content (AvgIpc) is 2.95. The highest BCUT2D eigenvalue weighted by molar-refractivity contribution is 7.17. The van der Waals surface area contributed by atoms with Crippen LogP contribution in [0.25, 0.3) is 10.4 Å². The number of hydrogen-bond donors (Lipinski definition) is 1. The quantitative estimate of drug-likeness (QED) is 0.822. The number of ether oxygens (including phenoxy) is 1. The summed E-state index contributed by atoms with van der Waals surface area (Å²) in [5, 5.41) is 3.75. The fraction of sp³-hybridized carbons (Fsp3) is 0.200. The third-order valence-corrected chi connectivity index (χ3v) is 4.39. The van der Waals surface area contributed by atoms with Crippen LogP contribution in [0.15, 0.2) is 30.3 Å². The molecule has 0 saturated heterocycles. The van der Waals surface area contributed by atoms with Crippen molar-refractivity contribution in [1.29, 1.82) is 0 Å². The van der Waals surface area contributed by atoms with E-state index in [-0.39, 0.29) is 24.8 Å². The fourth-order valence-electron chi connectivity index (χ4n) is 1.78. The van der Waals surface area contributed by atoms with Gasteiger partial charge in [-0.2, -0.15) is 0 Å². The zero-order chi connectivity index (χ0) is 16.1. The van der Waals surface area contributed by atoms with Crippen LogP contribution in [-0.2, 0) is 9.53 Å². The third-order valence-electron chi connectivity index (χ3n) is 2.82. The first kappa shape index (κ1) is 16.8. The average molecular weight is 358 g/mol. The molecular formula is C15H13Cl2NO3S. The Morgan fingerprint density at radius 2 is 1.86 bits per heavy atom. The number of esters is 1. The maximum Gasteiger partial charge on any atom is 0.307 e. The van der Waals surface area contributed by atoms with E-state index in [1.807, 2.05) is 6.07 Å². The summed E-state index contributed by atoms with van der Waals surface area (Å²) >= 11 is 13.3. The normalized spacial score (nSPS) is 10.3. The van der Waals surface area contributed by atoms with Gasteiger partial charge < -0.3 is 10.1 Å². The van der Waals surface area contributed by atoms with E-state index in [4.69, 9.17) is 23.2 Å². The first-order valence-corrected chi connectivity index (χ1v) is 7.98. The zero-order valence-corrected chi connectivity index (χ0v) is 14.0. The minimum Gasteiger partial charge on any atom is -0.469 e. The smallest absolute Gasteiger partial charge is 0.307 e. The Morgan fingerprint density at radius 1 is 1.18 bits per heavy atom. The van der Waals surface area contributed by atoms with Gasteiger partial charge in [0.2, 0.25) is 0 Å². The second kappa shape index (κ2) is 7.63. The molecule has 1 aromatic carbocycles. The van der Waals surface area contributed by atoms with Crippen LogP contribution in [-0.4, -0.2) is 25.5 Å². The molecule has 0 atom stereocenters. The topological polar surface area (TPSA) is 55.4 Å². The van der Waals surface area contributed by atoms with Gasteiger partial charge in [0.1, 0.15) is 0 Å². The largest absolute Gasteiger partial charge is 0.469 e. The highest BCUT2D eigenvalue weighted by atomic mass is 35.5. The van der Waals surface area contributed by atoms with Crippen molar-refractivity contribution < 1.29 is 14.3 Å². The van der Waals surface area contributed by atoms with Crippen LogP contribution in [0.5, 0.6) is 0 Å². The lowest BCUT2D eigenvalue weighted by molar-refractivity contribution is -0.140. The SMILES string of the molecule is COC(=O)CCNC(=O)c1ccc(-c2cc(Cl)cc(Cl)c2)s1. The molecule has 0 spiro atoms. The van der Waals surface area contributed by atoms with Gasteiger partial charge in [-0.25, -0.2) is 0 Å². The van der Waals surface area contributed by atoms with E-state index in [1.165, 1.54) is 18.4 Å². The van der Waals surface area contributed by atoms with Crippen molar-refractivity contribution in [1.82, 2.24) is 5.32 Å². The van der Waals surface area contributed by atoms with Crippen LogP contribution in [0.3, 0.4) is 0 Å². The summed E-state index contributed by atoms with van der Waals surface area (Å²) in [6, 6.07) is 8.79. The van der Waals surface area contributed by atoms with Crippen molar-refractivity contribution in [3.05, 3.63) is 45.3 Å². The van der Waals surface area contributed by atoms with E-state index in [2.05, 4.69) is 10.1 Å². The summed E-state index contributed by atoms with van der Waals surface area (Å²) in [6.07, 6.45) is 0.143. The van der Waals surface area contributed by atoms with Crippen molar-refractivity contribution in [3.8, 4) is 10.4 Å². The number of rotatable bonds is 5. The first-order chi connectivity index (χ1) is 10.5. The molecule has 1 heterocycles. The minimum absolute atomic E-state index is 0.143. The number of benzene rings is 1. The van der Waals surface area contributed by atoms with Gasteiger partial charge >= 0.3 is 5.97 Å². The molecule has 0 aliphatic rings. The summed E-state index contributed by atoms with van der Waals surface area (Å²) in [5.74, 6) is -0.589. The molecule has 0 fully saturated rings. The van der Waals surface area contributed by atoms with Gasteiger partial charge in [0, 0.05) is 21.5 Å². The van der Waals surface area contributed by atoms with Crippen molar-refractivity contribution in [2.45, 2.75) is 6.42 Å². The van der Waals surface area contributed by atoms with E-state index in [1.54, 1.807) is 24.3 Å². The summed E-state index contributed by atoms with van der Waals surface area (Å²) in [4.78, 5) is 24.4. The summed E-state index contributed by atoms with van der Waals surface area (Å²) in [7, 11) is 1.31. The molecule has 1 aromatic heterocycles. The van der Waals surface area contributed by atoms with Crippen LogP contribution < -0.4 is 5.32 Å². The molecule has 0 aliphatic carbocycles. The van der Waals surface area contributed by atoms with E-state index in [9.17, 15) is 9.59 Å². The van der Waals surface area contributed by atoms with Crippen LogP contribution in [0, 0.1) is 0 Å². The predicted octanol–water partition coefficient (Wildman–Crippen LogP) is 4.01. The van der Waals surface area contributed by atoms with E-state index in [0.29, 0.717) is 14.9 Å². The molecule has 2 aromatic rings. The number of methoxy groups -OCH3 is 1. The number of amides is 1. The van der Waals surface area contributed by atoms with Crippen molar-refractivity contribution in [2.24, 2.45) is 0 Å². The number of halogens is 2. The van der Waals surface area contributed by atoms with E-state index < -0.39 is 0 Å². The van der Waals surface area contributed by atoms with Gasteiger partial charge in [0.25, 0.3) is 5.91 Å². The molecule has 1 amide bonds. The van der Waals surface area contributed by atoms with Crippen LogP contribution >= 0.6 is 34.5 Å². The monoisotopic (exact) mass is 357 g/mol. The molecule has 2 rings (SSSR count). The van der Waals surface area contributed by atoms with Crippen molar-refractivity contribution in [2.75, 3.05) is 13.7 Å². The van der Waals surface area contributed by atoms with Gasteiger partial charge in [0.05, 0.1) is 18.4 Å². The molecule has 4 nitrogen and oxygen atoms in total. The zero-order valence-electron chi connectivity index (χ0n) is 11.7. The molecule has 1 N–H and O–H groups in total. The Morgan fingerprint density at radius 3 is 2.50 bits per heavy atom. The maximum absolute atomic E-state index is 12.0. The Labute approximate surface area is 142 Å². The Bertz CT molecular complexity index is 680. The fourth-order valence-corrected chi connectivity index (χ4v) is 3.21. The number of carbonyl (C=O) groups excluding carboxylic acids is 2. The lowest BCUT2D eigenvalue weighted by Gasteiger charge is -2.02. The lowest BCUT2D eigenvalue weighted by Crippen LogP contribution is -2.25. The van der Waals surface area contributed by atoms with Crippen molar-refractivity contribution >= 4 is 46.4 Å². The highest BCUT2D eigenvalue weighted by Gasteiger charge is 2.11. The van der Waals surface area contributed by atoms with E-state index >= 15 is 0 Å². The molecule has 22 heavy (non-hydrogen) atoms. The molecule has 0 radical (unpaired) electrons. The molecule has 0 unspecified atom stereocenters. The predicted molar refractivity (Wildman–Crippen MR) is 88.7 cm³/mol. The van der Waals surface area contributed by atoms with Crippen LogP contribution in [0.1, 0.15) is 16.1 Å². The van der Waals surface area contributed by atoms with Gasteiger partial charge in [-0.3, -0.25) is 9.59 Å². The third kappa shape index (κ3) is 4.47. The number of carbonyl (C=O) groups is 2. The van der Waals surface area contributed by atoms with Crippen molar-refractivity contribution in [3.63, 3.8) is 0 Å². The lowest BCUT2D eigenvalue weighted by atomic mass is 10.2. The Kier molecular flexibility index (Phi) is 5.83. The van der Waals surface area contributed by atoms with Gasteiger partial charge in [-0.1, -0.05) is 23.2 Å².